The van der Waals surface area contributed by atoms with E-state index in [0.717, 1.165) is 44.3 Å². The highest BCUT2D eigenvalue weighted by atomic mass is 16.5. The molecule has 0 bridgehead atoms. The van der Waals surface area contributed by atoms with Gasteiger partial charge in [0.2, 0.25) is 5.91 Å². The van der Waals surface area contributed by atoms with Crippen molar-refractivity contribution in [3.8, 4) is 0 Å². The van der Waals surface area contributed by atoms with Crippen molar-refractivity contribution in [2.24, 2.45) is 0 Å². The Hall–Kier alpha value is -1.39. The average Bonchev–Trinajstić information content (AvgIpc) is 3.02. The summed E-state index contributed by atoms with van der Waals surface area (Å²) in [4.78, 5) is 12.7. The molecule has 0 radical (unpaired) electrons. The van der Waals surface area contributed by atoms with Gasteiger partial charge in [-0.05, 0) is 18.4 Å². The Labute approximate surface area is 127 Å². The van der Waals surface area contributed by atoms with E-state index in [1.54, 1.807) is 7.11 Å². The molecule has 0 aliphatic heterocycles. The van der Waals surface area contributed by atoms with Gasteiger partial charge in [-0.15, -0.1) is 0 Å². The van der Waals surface area contributed by atoms with Gasteiger partial charge in [0.25, 0.3) is 0 Å². The second-order valence-electron chi connectivity index (χ2n) is 5.65. The van der Waals surface area contributed by atoms with E-state index >= 15 is 0 Å². The Kier molecular flexibility index (Phi) is 6.21. The quantitative estimate of drug-likeness (QED) is 0.718. The van der Waals surface area contributed by atoms with Crippen LogP contribution in [0.25, 0.3) is 0 Å². The van der Waals surface area contributed by atoms with E-state index in [4.69, 9.17) is 4.74 Å². The van der Waals surface area contributed by atoms with Gasteiger partial charge in [-0.3, -0.25) is 4.79 Å². The lowest BCUT2D eigenvalue weighted by atomic mass is 9.78. The van der Waals surface area contributed by atoms with Crippen molar-refractivity contribution in [2.45, 2.75) is 31.1 Å². The number of methoxy groups -OCH3 is 1. The first-order valence-corrected chi connectivity index (χ1v) is 7.83. The molecule has 1 amide bonds. The van der Waals surface area contributed by atoms with Crippen LogP contribution in [-0.2, 0) is 14.9 Å². The Bertz CT molecular complexity index is 428. The van der Waals surface area contributed by atoms with Crippen LogP contribution in [0, 0.1) is 0 Å². The molecule has 0 spiro atoms. The van der Waals surface area contributed by atoms with Gasteiger partial charge in [0.05, 0.1) is 12.0 Å². The summed E-state index contributed by atoms with van der Waals surface area (Å²) in [6, 6.07) is 10.2. The third-order valence-electron chi connectivity index (χ3n) is 4.29. The first kappa shape index (κ1) is 16.0. The number of nitrogens with one attached hydrogen (secondary N) is 2. The third kappa shape index (κ3) is 4.05. The summed E-state index contributed by atoms with van der Waals surface area (Å²) in [5, 5.41) is 6.34. The predicted molar refractivity (Wildman–Crippen MR) is 84.3 cm³/mol. The minimum absolute atomic E-state index is 0.180. The van der Waals surface area contributed by atoms with Gasteiger partial charge in [0.1, 0.15) is 0 Å². The van der Waals surface area contributed by atoms with Crippen LogP contribution in [0.2, 0.25) is 0 Å². The summed E-state index contributed by atoms with van der Waals surface area (Å²) in [5.74, 6) is 0.180. The molecule has 0 heterocycles. The first-order chi connectivity index (χ1) is 10.3. The molecule has 1 saturated carbocycles. The van der Waals surface area contributed by atoms with E-state index in [2.05, 4.69) is 22.8 Å². The molecule has 2 N–H and O–H groups in total. The molecule has 1 fully saturated rings. The Morgan fingerprint density at radius 3 is 2.52 bits per heavy atom. The average molecular weight is 290 g/mol. The van der Waals surface area contributed by atoms with Crippen LogP contribution in [0.15, 0.2) is 30.3 Å². The number of carbonyl (C=O) groups is 1. The van der Waals surface area contributed by atoms with Gasteiger partial charge in [0, 0.05) is 26.7 Å². The fourth-order valence-electron chi connectivity index (χ4n) is 3.12. The SMILES string of the molecule is COCCNCCNC(=O)C1(c2ccccc2)CCCC1. The molecule has 116 valence electrons. The number of rotatable bonds is 8. The number of hydrogen-bond acceptors (Lipinski definition) is 3. The molecule has 1 aliphatic rings. The fraction of sp³-hybridized carbons (Fsp3) is 0.588. The second-order valence-corrected chi connectivity index (χ2v) is 5.65. The van der Waals surface area contributed by atoms with Crippen LogP contribution in [0.4, 0.5) is 0 Å². The van der Waals surface area contributed by atoms with Gasteiger partial charge in [-0.2, -0.15) is 0 Å². The standard InChI is InChI=1S/C17H26N2O2/c1-21-14-13-18-11-12-19-16(20)17(9-5-6-10-17)15-7-3-2-4-8-15/h2-4,7-8,18H,5-6,9-14H2,1H3,(H,19,20). The number of carbonyl (C=O) groups excluding carboxylic acids is 1. The largest absolute Gasteiger partial charge is 0.383 e. The lowest BCUT2D eigenvalue weighted by Gasteiger charge is -2.28. The van der Waals surface area contributed by atoms with Crippen molar-refractivity contribution < 1.29 is 9.53 Å². The van der Waals surface area contributed by atoms with Gasteiger partial charge >= 0.3 is 0 Å². The minimum Gasteiger partial charge on any atom is -0.383 e. The molecule has 0 unspecified atom stereocenters. The zero-order valence-corrected chi connectivity index (χ0v) is 12.9. The van der Waals surface area contributed by atoms with Crippen LogP contribution in [0.3, 0.4) is 0 Å². The highest BCUT2D eigenvalue weighted by Crippen LogP contribution is 2.41. The summed E-state index contributed by atoms with van der Waals surface area (Å²) in [6.07, 6.45) is 4.18. The first-order valence-electron chi connectivity index (χ1n) is 7.83. The van der Waals surface area contributed by atoms with E-state index in [1.807, 2.05) is 18.2 Å². The van der Waals surface area contributed by atoms with E-state index in [0.29, 0.717) is 13.2 Å². The van der Waals surface area contributed by atoms with Crippen LogP contribution in [0.5, 0.6) is 0 Å². The van der Waals surface area contributed by atoms with Gasteiger partial charge in [0.15, 0.2) is 0 Å². The van der Waals surface area contributed by atoms with Crippen molar-refractivity contribution in [1.29, 1.82) is 0 Å². The minimum atomic E-state index is -0.312. The van der Waals surface area contributed by atoms with Gasteiger partial charge in [-0.25, -0.2) is 0 Å². The van der Waals surface area contributed by atoms with Crippen molar-refractivity contribution in [2.75, 3.05) is 33.4 Å². The summed E-state index contributed by atoms with van der Waals surface area (Å²) in [6.45, 7) is 2.95. The molecule has 1 aromatic rings. The highest BCUT2D eigenvalue weighted by molar-refractivity contribution is 5.88. The van der Waals surface area contributed by atoms with Crippen LogP contribution in [-0.4, -0.2) is 39.3 Å². The normalized spacial score (nSPS) is 16.8. The molecule has 2 rings (SSSR count). The fourth-order valence-corrected chi connectivity index (χ4v) is 3.12. The highest BCUT2D eigenvalue weighted by Gasteiger charge is 2.42. The lowest BCUT2D eigenvalue weighted by molar-refractivity contribution is -0.126. The zero-order valence-electron chi connectivity index (χ0n) is 12.9. The predicted octanol–water partition coefficient (Wildman–Crippen LogP) is 1.85. The molecule has 21 heavy (non-hydrogen) atoms. The van der Waals surface area contributed by atoms with E-state index in [1.165, 1.54) is 0 Å². The maximum absolute atomic E-state index is 12.7. The second kappa shape index (κ2) is 8.15. The van der Waals surface area contributed by atoms with Gasteiger partial charge in [-0.1, -0.05) is 43.2 Å². The van der Waals surface area contributed by atoms with Crippen LogP contribution in [0.1, 0.15) is 31.2 Å². The number of amides is 1. The van der Waals surface area contributed by atoms with Crippen molar-refractivity contribution in [3.63, 3.8) is 0 Å². The Balaban J connectivity index is 1.88. The summed E-state index contributed by atoms with van der Waals surface area (Å²) >= 11 is 0. The third-order valence-corrected chi connectivity index (χ3v) is 4.29. The summed E-state index contributed by atoms with van der Waals surface area (Å²) in [5.41, 5.74) is 0.848. The summed E-state index contributed by atoms with van der Waals surface area (Å²) in [7, 11) is 1.69. The Morgan fingerprint density at radius 2 is 1.86 bits per heavy atom. The smallest absolute Gasteiger partial charge is 0.230 e. The van der Waals surface area contributed by atoms with Crippen LogP contribution >= 0.6 is 0 Å². The molecule has 4 nitrogen and oxygen atoms in total. The van der Waals surface area contributed by atoms with Crippen molar-refractivity contribution >= 4 is 5.91 Å². The number of hydrogen-bond donors (Lipinski definition) is 2. The molecular formula is C17H26N2O2. The maximum atomic E-state index is 12.7. The zero-order chi connectivity index (χ0) is 15.0. The molecule has 0 saturated heterocycles. The molecule has 0 aromatic heterocycles. The maximum Gasteiger partial charge on any atom is 0.230 e. The molecule has 0 atom stereocenters. The topological polar surface area (TPSA) is 50.4 Å². The van der Waals surface area contributed by atoms with E-state index in [9.17, 15) is 4.79 Å². The van der Waals surface area contributed by atoms with E-state index < -0.39 is 0 Å². The van der Waals surface area contributed by atoms with Crippen molar-refractivity contribution in [1.82, 2.24) is 10.6 Å². The molecule has 1 aromatic carbocycles. The Morgan fingerprint density at radius 1 is 1.14 bits per heavy atom. The lowest BCUT2D eigenvalue weighted by Crippen LogP contribution is -2.44. The van der Waals surface area contributed by atoms with Gasteiger partial charge < -0.3 is 15.4 Å². The molecule has 4 heteroatoms. The number of ether oxygens (including phenoxy) is 1. The van der Waals surface area contributed by atoms with E-state index in [-0.39, 0.29) is 11.3 Å². The molecular weight excluding hydrogens is 264 g/mol. The molecule has 1 aliphatic carbocycles. The number of benzene rings is 1. The van der Waals surface area contributed by atoms with Crippen LogP contribution < -0.4 is 10.6 Å². The van der Waals surface area contributed by atoms with Crippen molar-refractivity contribution in [3.05, 3.63) is 35.9 Å². The monoisotopic (exact) mass is 290 g/mol. The summed E-state index contributed by atoms with van der Waals surface area (Å²) < 4.78 is 4.97.